The Labute approximate surface area is 109 Å². The van der Waals surface area contributed by atoms with E-state index in [0.29, 0.717) is 17.8 Å². The summed E-state index contributed by atoms with van der Waals surface area (Å²) in [6, 6.07) is 0. The molecule has 1 aliphatic heterocycles. The molecule has 4 fully saturated rings. The van der Waals surface area contributed by atoms with Gasteiger partial charge in [0.25, 0.3) is 0 Å². The normalized spacial score (nSPS) is 65.0. The van der Waals surface area contributed by atoms with Crippen molar-refractivity contribution >= 4 is 0 Å². The molecule has 3 aliphatic carbocycles. The van der Waals surface area contributed by atoms with Gasteiger partial charge in [0.15, 0.2) is 0 Å². The van der Waals surface area contributed by atoms with E-state index < -0.39 is 12.2 Å². The summed E-state index contributed by atoms with van der Waals surface area (Å²) in [5.74, 6) is 2.18. The number of rotatable bonds is 1. The van der Waals surface area contributed by atoms with Gasteiger partial charge in [-0.2, -0.15) is 0 Å². The van der Waals surface area contributed by atoms with Crippen molar-refractivity contribution in [3.05, 3.63) is 0 Å². The number of hydrogen-bond acceptors (Lipinski definition) is 3. The molecular weight excluding hydrogens is 228 g/mol. The second-order valence-electron chi connectivity index (χ2n) is 7.65. The smallest absolute Gasteiger partial charge is 0.103 e. The van der Waals surface area contributed by atoms with Gasteiger partial charge in [-0.05, 0) is 36.5 Å². The molecule has 1 spiro atoms. The molecule has 4 aliphatic rings. The van der Waals surface area contributed by atoms with Crippen LogP contribution < -0.4 is 0 Å². The number of epoxide rings is 1. The molecule has 3 heteroatoms. The highest BCUT2D eigenvalue weighted by atomic mass is 16.6. The first kappa shape index (κ1) is 11.7. The Hall–Kier alpha value is -0.120. The van der Waals surface area contributed by atoms with Crippen molar-refractivity contribution in [3.8, 4) is 0 Å². The average Bonchev–Trinajstić information content (AvgIpc) is 3.02. The maximum atomic E-state index is 10.4. The van der Waals surface area contributed by atoms with Gasteiger partial charge < -0.3 is 14.9 Å². The summed E-state index contributed by atoms with van der Waals surface area (Å²) < 4.78 is 5.88. The molecule has 1 heterocycles. The molecule has 4 bridgehead atoms. The fraction of sp³-hybridized carbons (Fsp3) is 1.00. The van der Waals surface area contributed by atoms with Gasteiger partial charge in [-0.25, -0.2) is 0 Å². The van der Waals surface area contributed by atoms with Crippen molar-refractivity contribution in [1.82, 2.24) is 0 Å². The van der Waals surface area contributed by atoms with E-state index in [1.165, 1.54) is 6.42 Å². The van der Waals surface area contributed by atoms with Crippen LogP contribution in [0.3, 0.4) is 0 Å². The summed E-state index contributed by atoms with van der Waals surface area (Å²) in [7, 11) is 0. The van der Waals surface area contributed by atoms with Gasteiger partial charge in [-0.3, -0.25) is 0 Å². The Bertz CT molecular complexity index is 379. The highest BCUT2D eigenvalue weighted by molar-refractivity contribution is 5.30. The average molecular weight is 252 g/mol. The Morgan fingerprint density at radius 3 is 2.33 bits per heavy atom. The lowest BCUT2D eigenvalue weighted by Crippen LogP contribution is -2.53. The van der Waals surface area contributed by atoms with E-state index in [9.17, 15) is 10.2 Å². The molecule has 2 N–H and O–H groups in total. The predicted molar refractivity (Wildman–Crippen MR) is 66.8 cm³/mol. The zero-order valence-electron chi connectivity index (χ0n) is 11.5. The molecule has 0 aromatic heterocycles. The van der Waals surface area contributed by atoms with Crippen LogP contribution in [0, 0.1) is 35.0 Å². The molecule has 0 aromatic carbocycles. The van der Waals surface area contributed by atoms with E-state index in [4.69, 9.17) is 4.74 Å². The van der Waals surface area contributed by atoms with Gasteiger partial charge in [0, 0.05) is 11.3 Å². The standard InChI is InChI=1S/C15H24O3/c1-7(2)8-4-5-14(3)10-9(8)11(13(17)12(10)16)15(14)6-18-15/h7-13,16-17H,4-6H2,1-3H3/t8-,9+,10-,11+,12-,13+,14+,15+/m1/s1. The molecule has 3 nitrogen and oxygen atoms in total. The van der Waals surface area contributed by atoms with Crippen LogP contribution in [0.4, 0.5) is 0 Å². The van der Waals surface area contributed by atoms with Crippen LogP contribution in [-0.4, -0.2) is 34.6 Å². The van der Waals surface area contributed by atoms with Gasteiger partial charge in [0.05, 0.1) is 18.8 Å². The summed E-state index contributed by atoms with van der Waals surface area (Å²) in [6.45, 7) is 7.66. The van der Waals surface area contributed by atoms with Crippen molar-refractivity contribution in [2.75, 3.05) is 6.61 Å². The summed E-state index contributed by atoms with van der Waals surface area (Å²) in [4.78, 5) is 0. The third-order valence-electron chi connectivity index (χ3n) is 6.96. The SMILES string of the molecule is CC(C)[C@H]1CC[C@@]2(C)[C@H]3[C@@H](O)[C@@H](O)[C@H]([C@H]31)[C@@]21CO1. The molecule has 0 radical (unpaired) electrons. The molecule has 4 rings (SSSR count). The molecule has 0 aromatic rings. The van der Waals surface area contributed by atoms with Gasteiger partial charge in [0.2, 0.25) is 0 Å². The van der Waals surface area contributed by atoms with Crippen LogP contribution in [0.15, 0.2) is 0 Å². The first-order valence-electron chi connectivity index (χ1n) is 7.44. The maximum absolute atomic E-state index is 10.4. The van der Waals surface area contributed by atoms with Crippen molar-refractivity contribution in [2.45, 2.75) is 51.4 Å². The highest BCUT2D eigenvalue weighted by Crippen LogP contribution is 2.76. The topological polar surface area (TPSA) is 53.0 Å². The lowest BCUT2D eigenvalue weighted by atomic mass is 9.59. The molecule has 8 atom stereocenters. The number of aliphatic hydroxyl groups is 2. The maximum Gasteiger partial charge on any atom is 0.103 e. The second kappa shape index (κ2) is 3.13. The van der Waals surface area contributed by atoms with Crippen LogP contribution in [0.5, 0.6) is 0 Å². The van der Waals surface area contributed by atoms with Gasteiger partial charge in [-0.15, -0.1) is 0 Å². The Morgan fingerprint density at radius 2 is 1.78 bits per heavy atom. The minimum atomic E-state index is -0.560. The van der Waals surface area contributed by atoms with E-state index in [1.54, 1.807) is 0 Å². The third kappa shape index (κ3) is 0.981. The van der Waals surface area contributed by atoms with Gasteiger partial charge >= 0.3 is 0 Å². The predicted octanol–water partition coefficient (Wildman–Crippen LogP) is 1.43. The number of ether oxygens (including phenoxy) is 1. The summed E-state index contributed by atoms with van der Waals surface area (Å²) >= 11 is 0. The van der Waals surface area contributed by atoms with Crippen LogP contribution in [-0.2, 0) is 4.74 Å². The van der Waals surface area contributed by atoms with Gasteiger partial charge in [-0.1, -0.05) is 20.8 Å². The van der Waals surface area contributed by atoms with Gasteiger partial charge in [0.1, 0.15) is 5.60 Å². The van der Waals surface area contributed by atoms with Crippen molar-refractivity contribution in [1.29, 1.82) is 0 Å². The van der Waals surface area contributed by atoms with E-state index in [2.05, 4.69) is 20.8 Å². The van der Waals surface area contributed by atoms with E-state index in [1.807, 2.05) is 0 Å². The Kier molecular flexibility index (Phi) is 2.03. The largest absolute Gasteiger partial charge is 0.390 e. The fourth-order valence-electron chi connectivity index (χ4n) is 6.10. The van der Waals surface area contributed by atoms with Crippen molar-refractivity contribution < 1.29 is 14.9 Å². The van der Waals surface area contributed by atoms with Crippen LogP contribution in [0.2, 0.25) is 0 Å². The van der Waals surface area contributed by atoms with Crippen molar-refractivity contribution in [3.63, 3.8) is 0 Å². The molecular formula is C15H24O3. The molecule has 3 saturated carbocycles. The van der Waals surface area contributed by atoms with E-state index in [-0.39, 0.29) is 22.9 Å². The monoisotopic (exact) mass is 252 g/mol. The summed E-state index contributed by atoms with van der Waals surface area (Å²) in [5.41, 5.74) is 0.0109. The number of fused-ring (bicyclic) bond motifs is 2. The fourth-order valence-corrected chi connectivity index (χ4v) is 6.10. The van der Waals surface area contributed by atoms with E-state index in [0.717, 1.165) is 13.0 Å². The van der Waals surface area contributed by atoms with Crippen LogP contribution in [0.1, 0.15) is 33.6 Å². The molecule has 1 saturated heterocycles. The van der Waals surface area contributed by atoms with Crippen molar-refractivity contribution in [2.24, 2.45) is 35.0 Å². The molecule has 0 unspecified atom stereocenters. The number of aliphatic hydroxyl groups excluding tert-OH is 2. The number of hydrogen-bond donors (Lipinski definition) is 2. The Balaban J connectivity index is 1.83. The molecule has 102 valence electrons. The molecule has 18 heavy (non-hydrogen) atoms. The zero-order valence-corrected chi connectivity index (χ0v) is 11.5. The second-order valence-corrected chi connectivity index (χ2v) is 7.65. The lowest BCUT2D eigenvalue weighted by Gasteiger charge is -2.47. The zero-order chi connectivity index (χ0) is 12.9. The highest BCUT2D eigenvalue weighted by Gasteiger charge is 2.82. The quantitative estimate of drug-likeness (QED) is 0.694. The Morgan fingerprint density at radius 1 is 1.17 bits per heavy atom. The summed E-state index contributed by atoms with van der Waals surface area (Å²) in [5, 5.41) is 20.8. The first-order valence-corrected chi connectivity index (χ1v) is 7.44. The van der Waals surface area contributed by atoms with Crippen LogP contribution in [0.25, 0.3) is 0 Å². The lowest BCUT2D eigenvalue weighted by molar-refractivity contribution is -0.107. The van der Waals surface area contributed by atoms with Crippen LogP contribution >= 0.6 is 0 Å². The first-order chi connectivity index (χ1) is 8.44. The summed E-state index contributed by atoms with van der Waals surface area (Å²) in [6.07, 6.45) is 1.30. The molecule has 0 amide bonds. The minimum Gasteiger partial charge on any atom is -0.390 e. The van der Waals surface area contributed by atoms with E-state index >= 15 is 0 Å². The third-order valence-corrected chi connectivity index (χ3v) is 6.96. The minimum absolute atomic E-state index is 0.0926.